The van der Waals surface area contributed by atoms with Crippen LogP contribution in [0.3, 0.4) is 0 Å². The largest absolute Gasteiger partial charge is 0.481 e. The number of allylic oxidation sites excluding steroid dienone is 1. The Hall–Kier alpha value is -1.36. The maximum atomic E-state index is 11.5. The summed E-state index contributed by atoms with van der Waals surface area (Å²) < 4.78 is 0. The predicted molar refractivity (Wildman–Crippen MR) is 67.4 cm³/mol. The Morgan fingerprint density at radius 3 is 2.33 bits per heavy atom. The second-order valence-corrected chi connectivity index (χ2v) is 5.66. The van der Waals surface area contributed by atoms with Gasteiger partial charge in [-0.15, -0.1) is 0 Å². The van der Waals surface area contributed by atoms with Crippen LogP contribution < -0.4 is 0 Å². The highest BCUT2D eigenvalue weighted by atomic mass is 16.4. The molecule has 5 nitrogen and oxygen atoms in total. The minimum absolute atomic E-state index is 0.148. The zero-order valence-corrected chi connectivity index (χ0v) is 11.1. The average molecular weight is 255 g/mol. The number of carbonyl (C=O) groups is 2. The molecule has 1 aliphatic carbocycles. The van der Waals surface area contributed by atoms with Crippen molar-refractivity contribution in [3.8, 4) is 0 Å². The third kappa shape index (κ3) is 2.90. The molecule has 0 aromatic carbocycles. The molecule has 0 radical (unpaired) electrons. The summed E-state index contributed by atoms with van der Waals surface area (Å²) in [6.07, 6.45) is 4.33. The highest BCUT2D eigenvalue weighted by Gasteiger charge is 2.48. The lowest BCUT2D eigenvalue weighted by Crippen LogP contribution is -2.43. The summed E-state index contributed by atoms with van der Waals surface area (Å²) in [5.74, 6) is -1.87. The summed E-state index contributed by atoms with van der Waals surface area (Å²) in [5.41, 5.74) is -2.05. The molecule has 2 N–H and O–H groups in total. The zero-order valence-electron chi connectivity index (χ0n) is 11.1. The van der Waals surface area contributed by atoms with E-state index in [0.29, 0.717) is 19.4 Å². The van der Waals surface area contributed by atoms with E-state index >= 15 is 0 Å². The number of carboxylic acids is 2. The molecule has 0 amide bonds. The van der Waals surface area contributed by atoms with Gasteiger partial charge in [0.05, 0.1) is 10.8 Å². The van der Waals surface area contributed by atoms with Crippen molar-refractivity contribution in [3.63, 3.8) is 0 Å². The van der Waals surface area contributed by atoms with Gasteiger partial charge in [-0.3, -0.25) is 9.59 Å². The molecule has 0 bridgehead atoms. The molecule has 2 atom stereocenters. The van der Waals surface area contributed by atoms with Gasteiger partial charge in [-0.25, -0.2) is 0 Å². The van der Waals surface area contributed by atoms with E-state index in [0.717, 1.165) is 0 Å². The fraction of sp³-hybridized carbons (Fsp3) is 0.692. The van der Waals surface area contributed by atoms with Crippen LogP contribution >= 0.6 is 0 Å². The molecule has 0 saturated carbocycles. The van der Waals surface area contributed by atoms with E-state index in [1.165, 1.54) is 0 Å². The maximum Gasteiger partial charge on any atom is 0.313 e. The van der Waals surface area contributed by atoms with Gasteiger partial charge < -0.3 is 15.1 Å². The van der Waals surface area contributed by atoms with Crippen molar-refractivity contribution >= 4 is 11.9 Å². The number of nitrogens with zero attached hydrogens (tertiary/aromatic N) is 1. The molecule has 0 aromatic rings. The molecule has 0 aliphatic heterocycles. The highest BCUT2D eigenvalue weighted by Crippen LogP contribution is 2.45. The van der Waals surface area contributed by atoms with Crippen LogP contribution in [0, 0.1) is 10.8 Å². The van der Waals surface area contributed by atoms with Gasteiger partial charge in [-0.1, -0.05) is 12.2 Å². The molecule has 1 aliphatic rings. The van der Waals surface area contributed by atoms with Crippen LogP contribution in [0.4, 0.5) is 0 Å². The van der Waals surface area contributed by atoms with Crippen LogP contribution in [-0.2, 0) is 9.59 Å². The van der Waals surface area contributed by atoms with Crippen molar-refractivity contribution in [1.29, 1.82) is 0 Å². The van der Waals surface area contributed by atoms with Gasteiger partial charge in [0.25, 0.3) is 0 Å². The van der Waals surface area contributed by atoms with Gasteiger partial charge in [0.1, 0.15) is 0 Å². The van der Waals surface area contributed by atoms with E-state index < -0.39 is 22.8 Å². The molecule has 2 unspecified atom stereocenters. The Kier molecular flexibility index (Phi) is 4.16. The molecule has 18 heavy (non-hydrogen) atoms. The molecule has 0 spiro atoms. The average Bonchev–Trinajstić information content (AvgIpc) is 2.26. The van der Waals surface area contributed by atoms with Gasteiger partial charge in [-0.2, -0.15) is 0 Å². The van der Waals surface area contributed by atoms with Gasteiger partial charge in [0, 0.05) is 0 Å². The summed E-state index contributed by atoms with van der Waals surface area (Å²) in [4.78, 5) is 24.7. The van der Waals surface area contributed by atoms with E-state index in [1.807, 2.05) is 19.0 Å². The van der Waals surface area contributed by atoms with E-state index in [9.17, 15) is 19.8 Å². The first-order chi connectivity index (χ1) is 8.22. The third-order valence-corrected chi connectivity index (χ3v) is 3.66. The Bertz CT molecular complexity index is 377. The van der Waals surface area contributed by atoms with Gasteiger partial charge in [0.2, 0.25) is 0 Å². The van der Waals surface area contributed by atoms with Gasteiger partial charge >= 0.3 is 11.9 Å². The molecule has 102 valence electrons. The van der Waals surface area contributed by atoms with Crippen molar-refractivity contribution in [1.82, 2.24) is 4.90 Å². The summed E-state index contributed by atoms with van der Waals surface area (Å²) in [6, 6.07) is 0. The maximum absolute atomic E-state index is 11.5. The molecule has 0 aromatic heterocycles. The SMILES string of the molecule is CN(C)CCC1(C(=O)O)C=CCC(C)(C(=O)O)C1. The number of carboxylic acid groups (broad SMARTS) is 2. The minimum Gasteiger partial charge on any atom is -0.481 e. The number of hydrogen-bond donors (Lipinski definition) is 2. The lowest BCUT2D eigenvalue weighted by Gasteiger charge is -2.38. The van der Waals surface area contributed by atoms with Crippen LogP contribution in [-0.4, -0.2) is 47.7 Å². The first kappa shape index (κ1) is 14.7. The highest BCUT2D eigenvalue weighted by molar-refractivity contribution is 5.81. The second-order valence-electron chi connectivity index (χ2n) is 5.66. The van der Waals surface area contributed by atoms with Crippen molar-refractivity contribution < 1.29 is 19.8 Å². The van der Waals surface area contributed by atoms with E-state index in [1.54, 1.807) is 19.1 Å². The van der Waals surface area contributed by atoms with Crippen LogP contribution in [0.15, 0.2) is 12.2 Å². The monoisotopic (exact) mass is 255 g/mol. The van der Waals surface area contributed by atoms with Crippen molar-refractivity contribution in [2.45, 2.75) is 26.2 Å². The first-order valence-electron chi connectivity index (χ1n) is 6.01. The standard InChI is InChI=1S/C13H21NO4/c1-12(10(15)16)5-4-6-13(9-12,11(17)18)7-8-14(2)3/h4,6H,5,7-9H2,1-3H3,(H,15,16)(H,17,18). The molecule has 5 heteroatoms. The van der Waals surface area contributed by atoms with Crippen LogP contribution in [0.1, 0.15) is 26.2 Å². The Morgan fingerprint density at radius 1 is 1.28 bits per heavy atom. The summed E-state index contributed by atoms with van der Waals surface area (Å²) in [6.45, 7) is 2.23. The van der Waals surface area contributed by atoms with Crippen LogP contribution in [0.5, 0.6) is 0 Å². The number of rotatable bonds is 5. The number of hydrogen-bond acceptors (Lipinski definition) is 3. The lowest BCUT2D eigenvalue weighted by atomic mass is 9.65. The summed E-state index contributed by atoms with van der Waals surface area (Å²) in [7, 11) is 3.75. The molecular formula is C13H21NO4. The topological polar surface area (TPSA) is 77.8 Å². The fourth-order valence-corrected chi connectivity index (χ4v) is 2.38. The minimum atomic E-state index is -1.06. The lowest BCUT2D eigenvalue weighted by molar-refractivity contribution is -0.155. The van der Waals surface area contributed by atoms with Crippen molar-refractivity contribution in [2.75, 3.05) is 20.6 Å². The van der Waals surface area contributed by atoms with Gasteiger partial charge in [0.15, 0.2) is 0 Å². The van der Waals surface area contributed by atoms with Crippen LogP contribution in [0.2, 0.25) is 0 Å². The fourth-order valence-electron chi connectivity index (χ4n) is 2.38. The summed E-state index contributed by atoms with van der Waals surface area (Å²) in [5, 5.41) is 18.7. The van der Waals surface area contributed by atoms with Crippen LogP contribution in [0.25, 0.3) is 0 Å². The zero-order chi connectivity index (χ0) is 14.0. The molecule has 0 fully saturated rings. The normalized spacial score (nSPS) is 31.6. The molecule has 1 rings (SSSR count). The quantitative estimate of drug-likeness (QED) is 0.727. The second kappa shape index (κ2) is 5.10. The first-order valence-corrected chi connectivity index (χ1v) is 6.01. The van der Waals surface area contributed by atoms with Crippen molar-refractivity contribution in [3.05, 3.63) is 12.2 Å². The summed E-state index contributed by atoms with van der Waals surface area (Å²) >= 11 is 0. The Balaban J connectivity index is 2.99. The smallest absolute Gasteiger partial charge is 0.313 e. The molecular weight excluding hydrogens is 234 g/mol. The Morgan fingerprint density at radius 2 is 1.89 bits per heavy atom. The molecule has 0 saturated heterocycles. The van der Waals surface area contributed by atoms with Gasteiger partial charge in [-0.05, 0) is 46.8 Å². The predicted octanol–water partition coefficient (Wildman–Crippen LogP) is 1.45. The molecule has 0 heterocycles. The number of aliphatic carboxylic acids is 2. The Labute approximate surface area is 107 Å². The van der Waals surface area contributed by atoms with E-state index in [-0.39, 0.29) is 6.42 Å². The third-order valence-electron chi connectivity index (χ3n) is 3.66. The van der Waals surface area contributed by atoms with Crippen molar-refractivity contribution in [2.24, 2.45) is 10.8 Å². The van der Waals surface area contributed by atoms with E-state index in [2.05, 4.69) is 0 Å². The van der Waals surface area contributed by atoms with E-state index in [4.69, 9.17) is 0 Å².